The van der Waals surface area contributed by atoms with E-state index in [1.54, 1.807) is 14.2 Å². The molecular weight excluding hydrogens is 500 g/mol. The van der Waals surface area contributed by atoms with Gasteiger partial charge in [0.05, 0.1) is 31.6 Å². The maximum Gasteiger partial charge on any atom is 0.163 e. The first-order valence-electron chi connectivity index (χ1n) is 13.5. The monoisotopic (exact) mass is 532 g/mol. The lowest BCUT2D eigenvalue weighted by Gasteiger charge is -2.30. The molecule has 1 heterocycles. The molecule has 6 heteroatoms. The molecule has 2 atom stereocenters. The Labute approximate surface area is 234 Å². The number of benzene rings is 4. The van der Waals surface area contributed by atoms with Crippen LogP contribution in [0.5, 0.6) is 17.2 Å². The molecule has 1 aliphatic heterocycles. The highest BCUT2D eigenvalue weighted by atomic mass is 16.5. The number of methoxy groups -OCH3 is 2. The Morgan fingerprint density at radius 3 is 2.38 bits per heavy atom. The number of hydrogen-bond donors (Lipinski definition) is 2. The van der Waals surface area contributed by atoms with Gasteiger partial charge in [0.2, 0.25) is 0 Å². The molecule has 6 nitrogen and oxygen atoms in total. The maximum atomic E-state index is 14.0. The summed E-state index contributed by atoms with van der Waals surface area (Å²) in [7, 11) is 3.31. The predicted octanol–water partition coefficient (Wildman–Crippen LogP) is 7.26. The fourth-order valence-electron chi connectivity index (χ4n) is 5.65. The Balaban J connectivity index is 1.37. The Morgan fingerprint density at radius 2 is 1.57 bits per heavy atom. The largest absolute Gasteiger partial charge is 0.497 e. The van der Waals surface area contributed by atoms with Gasteiger partial charge in [0, 0.05) is 29.2 Å². The van der Waals surface area contributed by atoms with E-state index in [2.05, 4.69) is 16.7 Å². The highest BCUT2D eigenvalue weighted by molar-refractivity contribution is 6.01. The lowest BCUT2D eigenvalue weighted by atomic mass is 9.78. The summed E-state index contributed by atoms with van der Waals surface area (Å²) in [5.41, 5.74) is 6.62. The molecular formula is C34H32N2O4. The standard InChI is InChI=1S/C34H32N2O4/c1-38-25-15-16-32(39-2)27(20-25)24-18-30-33(31(37)19-24)34(36-29-14-7-6-13-28(29)35-30)23-11-8-12-26(17-23)40-21-22-9-4-3-5-10-22/h3-17,20,24,34-36H,18-19,21H2,1-2H3. The fourth-order valence-corrected chi connectivity index (χ4v) is 5.65. The van der Waals surface area contributed by atoms with Gasteiger partial charge in [-0.25, -0.2) is 0 Å². The van der Waals surface area contributed by atoms with E-state index in [4.69, 9.17) is 14.2 Å². The van der Waals surface area contributed by atoms with Gasteiger partial charge in [0.25, 0.3) is 0 Å². The first-order chi connectivity index (χ1) is 19.6. The van der Waals surface area contributed by atoms with Gasteiger partial charge in [-0.15, -0.1) is 0 Å². The van der Waals surface area contributed by atoms with Crippen molar-refractivity contribution in [1.29, 1.82) is 0 Å². The van der Waals surface area contributed by atoms with Crippen LogP contribution in [0.3, 0.4) is 0 Å². The molecule has 4 aromatic rings. The maximum absolute atomic E-state index is 14.0. The van der Waals surface area contributed by atoms with Crippen molar-refractivity contribution in [3.8, 4) is 17.2 Å². The van der Waals surface area contributed by atoms with Crippen molar-refractivity contribution in [2.24, 2.45) is 0 Å². The number of ketones is 1. The number of nitrogens with one attached hydrogen (secondary N) is 2. The molecule has 0 fully saturated rings. The number of para-hydroxylation sites is 2. The molecule has 0 amide bonds. The van der Waals surface area contributed by atoms with Gasteiger partial charge in [-0.1, -0.05) is 54.6 Å². The van der Waals surface area contributed by atoms with E-state index < -0.39 is 0 Å². The number of carbonyl (C=O) groups is 1. The van der Waals surface area contributed by atoms with E-state index in [9.17, 15) is 4.79 Å². The number of carbonyl (C=O) groups excluding carboxylic acids is 1. The van der Waals surface area contributed by atoms with Gasteiger partial charge in [-0.3, -0.25) is 4.79 Å². The van der Waals surface area contributed by atoms with Crippen LogP contribution in [0.25, 0.3) is 0 Å². The highest BCUT2D eigenvalue weighted by Gasteiger charge is 2.37. The molecule has 0 spiro atoms. The topological polar surface area (TPSA) is 68.8 Å². The summed E-state index contributed by atoms with van der Waals surface area (Å²) < 4.78 is 17.3. The van der Waals surface area contributed by atoms with Crippen LogP contribution in [0.4, 0.5) is 11.4 Å². The van der Waals surface area contributed by atoms with E-state index in [0.717, 1.165) is 56.6 Å². The molecule has 2 unspecified atom stereocenters. The molecule has 2 aliphatic rings. The van der Waals surface area contributed by atoms with Crippen molar-refractivity contribution in [2.45, 2.75) is 31.4 Å². The molecule has 40 heavy (non-hydrogen) atoms. The quantitative estimate of drug-likeness (QED) is 0.261. The van der Waals surface area contributed by atoms with Gasteiger partial charge in [-0.2, -0.15) is 0 Å². The van der Waals surface area contributed by atoms with Crippen LogP contribution in [-0.4, -0.2) is 20.0 Å². The normalized spacial score (nSPS) is 18.0. The second-order valence-corrected chi connectivity index (χ2v) is 10.1. The zero-order valence-corrected chi connectivity index (χ0v) is 22.6. The highest BCUT2D eigenvalue weighted by Crippen LogP contribution is 2.46. The lowest BCUT2D eigenvalue weighted by molar-refractivity contribution is -0.116. The molecule has 4 aromatic carbocycles. The number of ether oxygens (including phenoxy) is 3. The SMILES string of the molecule is COc1ccc(OC)c(C2CC(=O)C3=C(C2)Nc2ccccc2NC3c2cccc(OCc3ccccc3)c2)c1. The summed E-state index contributed by atoms with van der Waals surface area (Å²) in [6.45, 7) is 0.476. The molecule has 0 saturated heterocycles. The van der Waals surface area contributed by atoms with Crippen molar-refractivity contribution in [3.63, 3.8) is 0 Å². The number of rotatable bonds is 7. The number of hydrogen-bond acceptors (Lipinski definition) is 6. The Kier molecular flexibility index (Phi) is 7.15. The van der Waals surface area contributed by atoms with Crippen molar-refractivity contribution >= 4 is 17.2 Å². The van der Waals surface area contributed by atoms with E-state index in [1.807, 2.05) is 91.0 Å². The second kappa shape index (κ2) is 11.2. The number of Topliss-reactive ketones (excluding diaryl/α,β-unsaturated/α-hetero) is 1. The van der Waals surface area contributed by atoms with Gasteiger partial charge >= 0.3 is 0 Å². The summed E-state index contributed by atoms with van der Waals surface area (Å²) >= 11 is 0. The third-order valence-electron chi connectivity index (χ3n) is 7.63. The predicted molar refractivity (Wildman–Crippen MR) is 157 cm³/mol. The average molecular weight is 533 g/mol. The summed E-state index contributed by atoms with van der Waals surface area (Å²) in [6, 6.07) is 31.6. The molecule has 6 rings (SSSR count). The van der Waals surface area contributed by atoms with Crippen molar-refractivity contribution in [1.82, 2.24) is 0 Å². The van der Waals surface area contributed by atoms with Crippen LogP contribution in [0.1, 0.15) is 41.5 Å². The van der Waals surface area contributed by atoms with Crippen LogP contribution in [0.15, 0.2) is 108 Å². The second-order valence-electron chi connectivity index (χ2n) is 10.1. The Morgan fingerprint density at radius 1 is 0.775 bits per heavy atom. The van der Waals surface area contributed by atoms with Gasteiger partial charge < -0.3 is 24.8 Å². The molecule has 0 saturated carbocycles. The van der Waals surface area contributed by atoms with Gasteiger partial charge in [0.15, 0.2) is 5.78 Å². The van der Waals surface area contributed by atoms with Crippen molar-refractivity contribution in [2.75, 3.05) is 24.9 Å². The van der Waals surface area contributed by atoms with Crippen LogP contribution < -0.4 is 24.8 Å². The minimum Gasteiger partial charge on any atom is -0.497 e. The molecule has 0 bridgehead atoms. The number of allylic oxidation sites excluding steroid dienone is 1. The lowest BCUT2D eigenvalue weighted by Crippen LogP contribution is -2.27. The average Bonchev–Trinajstić information content (AvgIpc) is 3.17. The minimum absolute atomic E-state index is 0.0461. The Bertz CT molecular complexity index is 1560. The van der Waals surface area contributed by atoms with Gasteiger partial charge in [-0.05, 0) is 60.0 Å². The third-order valence-corrected chi connectivity index (χ3v) is 7.63. The molecule has 0 radical (unpaired) electrons. The van der Waals surface area contributed by atoms with Crippen LogP contribution in [0, 0.1) is 0 Å². The summed E-state index contributed by atoms with van der Waals surface area (Å²) in [5.74, 6) is 2.32. The third kappa shape index (κ3) is 5.13. The smallest absolute Gasteiger partial charge is 0.163 e. The van der Waals surface area contributed by atoms with Gasteiger partial charge in [0.1, 0.15) is 23.9 Å². The molecule has 2 N–H and O–H groups in total. The Hall–Kier alpha value is -4.71. The number of anilines is 2. The summed E-state index contributed by atoms with van der Waals surface area (Å²) in [6.07, 6.45) is 1.05. The first-order valence-corrected chi connectivity index (χ1v) is 13.5. The van der Waals surface area contributed by atoms with Crippen molar-refractivity contribution in [3.05, 3.63) is 125 Å². The minimum atomic E-state index is -0.327. The molecule has 0 aromatic heterocycles. The summed E-state index contributed by atoms with van der Waals surface area (Å²) in [4.78, 5) is 14.0. The fraction of sp³-hybridized carbons (Fsp3) is 0.206. The zero-order chi connectivity index (χ0) is 27.5. The van der Waals surface area contributed by atoms with E-state index in [-0.39, 0.29) is 17.7 Å². The van der Waals surface area contributed by atoms with Crippen molar-refractivity contribution < 1.29 is 19.0 Å². The van der Waals surface area contributed by atoms with E-state index in [1.165, 1.54) is 0 Å². The number of fused-ring (bicyclic) bond motifs is 1. The summed E-state index contributed by atoms with van der Waals surface area (Å²) in [5, 5.41) is 7.27. The first kappa shape index (κ1) is 25.6. The van der Waals surface area contributed by atoms with Crippen LogP contribution in [0.2, 0.25) is 0 Å². The zero-order valence-electron chi connectivity index (χ0n) is 22.6. The molecule has 202 valence electrons. The van der Waals surface area contributed by atoms with Crippen LogP contribution in [-0.2, 0) is 11.4 Å². The van der Waals surface area contributed by atoms with E-state index in [0.29, 0.717) is 19.4 Å². The van der Waals surface area contributed by atoms with Crippen LogP contribution >= 0.6 is 0 Å². The van der Waals surface area contributed by atoms with E-state index >= 15 is 0 Å². The molecule has 1 aliphatic carbocycles.